The van der Waals surface area contributed by atoms with E-state index in [4.69, 9.17) is 4.74 Å². The van der Waals surface area contributed by atoms with Gasteiger partial charge < -0.3 is 10.1 Å². The van der Waals surface area contributed by atoms with Crippen molar-refractivity contribution in [2.75, 3.05) is 12.8 Å². The molecule has 0 aliphatic carbocycles. The van der Waals surface area contributed by atoms with E-state index >= 15 is 0 Å². The maximum atomic E-state index is 11.8. The Hall–Kier alpha value is -1.07. The first-order valence-corrected chi connectivity index (χ1v) is 7.81. The molecule has 0 amide bonds. The molecule has 0 aromatic heterocycles. The van der Waals surface area contributed by atoms with Crippen molar-refractivity contribution in [2.45, 2.75) is 31.2 Å². The average Bonchev–Trinajstić information content (AvgIpc) is 2.28. The van der Waals surface area contributed by atoms with Crippen molar-refractivity contribution >= 4 is 9.84 Å². The van der Waals surface area contributed by atoms with Crippen molar-refractivity contribution in [3.8, 4) is 5.75 Å². The van der Waals surface area contributed by atoms with Crippen LogP contribution in [-0.2, 0) is 9.84 Å². The van der Waals surface area contributed by atoms with Gasteiger partial charge in [0.2, 0.25) is 0 Å². The molecule has 2 rings (SSSR count). The molecule has 0 spiro atoms. The molecule has 4 nitrogen and oxygen atoms in total. The summed E-state index contributed by atoms with van der Waals surface area (Å²) in [6, 6.07) is 7.35. The lowest BCUT2D eigenvalue weighted by molar-refractivity contribution is 0.242. The number of sulfone groups is 1. The predicted octanol–water partition coefficient (Wildman–Crippen LogP) is 1.53. The van der Waals surface area contributed by atoms with Crippen molar-refractivity contribution in [1.29, 1.82) is 0 Å². The van der Waals surface area contributed by atoms with Gasteiger partial charge in [-0.2, -0.15) is 0 Å². The van der Waals surface area contributed by atoms with E-state index in [0.29, 0.717) is 0 Å². The Morgan fingerprint density at radius 3 is 2.33 bits per heavy atom. The Morgan fingerprint density at radius 1 is 1.28 bits per heavy atom. The quantitative estimate of drug-likeness (QED) is 0.900. The van der Waals surface area contributed by atoms with Gasteiger partial charge in [0.25, 0.3) is 0 Å². The molecule has 18 heavy (non-hydrogen) atoms. The molecule has 1 N–H and O–H groups in total. The van der Waals surface area contributed by atoms with Gasteiger partial charge >= 0.3 is 0 Å². The standard InChI is InChI=1S/C13H19NO3S/c1-9(2)17-11-6-4-10(5-7-11)13-12(14-3)8-18(13,15)16/h4-7,9,12-14H,8H2,1-3H3. The number of nitrogens with one attached hydrogen (secondary N) is 1. The smallest absolute Gasteiger partial charge is 0.160 e. The summed E-state index contributed by atoms with van der Waals surface area (Å²) in [5, 5.41) is 2.62. The van der Waals surface area contributed by atoms with Crippen LogP contribution >= 0.6 is 0 Å². The summed E-state index contributed by atoms with van der Waals surface area (Å²) in [4.78, 5) is 0. The van der Waals surface area contributed by atoms with Crippen molar-refractivity contribution in [3.05, 3.63) is 29.8 Å². The summed E-state index contributed by atoms with van der Waals surface area (Å²) >= 11 is 0. The van der Waals surface area contributed by atoms with Gasteiger partial charge in [0.15, 0.2) is 9.84 Å². The van der Waals surface area contributed by atoms with E-state index in [1.807, 2.05) is 38.1 Å². The summed E-state index contributed by atoms with van der Waals surface area (Å²) in [7, 11) is -1.18. The van der Waals surface area contributed by atoms with Crippen LogP contribution in [0.4, 0.5) is 0 Å². The lowest BCUT2D eigenvalue weighted by Crippen LogP contribution is -2.52. The second-order valence-corrected chi connectivity index (χ2v) is 7.05. The monoisotopic (exact) mass is 269 g/mol. The largest absolute Gasteiger partial charge is 0.491 e. The predicted molar refractivity (Wildman–Crippen MR) is 71.6 cm³/mol. The third-order valence-corrected chi connectivity index (χ3v) is 5.31. The van der Waals surface area contributed by atoms with Crippen molar-refractivity contribution in [2.24, 2.45) is 0 Å². The van der Waals surface area contributed by atoms with Crippen LogP contribution in [0.3, 0.4) is 0 Å². The summed E-state index contributed by atoms with van der Waals surface area (Å²) in [6.45, 7) is 3.92. The van der Waals surface area contributed by atoms with E-state index in [2.05, 4.69) is 5.32 Å². The number of hydrogen-bond donors (Lipinski definition) is 1. The third-order valence-electron chi connectivity index (χ3n) is 3.12. The Kier molecular flexibility index (Phi) is 3.64. The zero-order chi connectivity index (χ0) is 13.3. The van der Waals surface area contributed by atoms with Gasteiger partial charge in [0.1, 0.15) is 11.0 Å². The minimum absolute atomic E-state index is 0.0202. The van der Waals surface area contributed by atoms with E-state index in [1.54, 1.807) is 7.05 Å². The van der Waals surface area contributed by atoms with Gasteiger partial charge in [-0.3, -0.25) is 0 Å². The van der Waals surface area contributed by atoms with Crippen LogP contribution in [0.25, 0.3) is 0 Å². The zero-order valence-electron chi connectivity index (χ0n) is 10.9. The van der Waals surface area contributed by atoms with E-state index in [0.717, 1.165) is 11.3 Å². The molecule has 100 valence electrons. The van der Waals surface area contributed by atoms with E-state index in [-0.39, 0.29) is 17.9 Å². The Balaban J connectivity index is 2.19. The SMILES string of the molecule is CNC1CS(=O)(=O)C1c1ccc(OC(C)C)cc1. The lowest BCUT2D eigenvalue weighted by Gasteiger charge is -2.36. The Labute approximate surface area is 108 Å². The number of ether oxygens (including phenoxy) is 1. The first kappa shape index (κ1) is 13.4. The molecule has 1 aliphatic rings. The third kappa shape index (κ3) is 2.52. The molecule has 0 bridgehead atoms. The first-order chi connectivity index (χ1) is 8.44. The molecule has 1 aromatic rings. The normalized spacial score (nSPS) is 25.8. The van der Waals surface area contributed by atoms with Crippen molar-refractivity contribution in [3.63, 3.8) is 0 Å². The highest BCUT2D eigenvalue weighted by atomic mass is 32.2. The second kappa shape index (κ2) is 4.90. The van der Waals surface area contributed by atoms with E-state index in [9.17, 15) is 8.42 Å². The minimum Gasteiger partial charge on any atom is -0.491 e. The molecule has 0 radical (unpaired) electrons. The van der Waals surface area contributed by atoms with Gasteiger partial charge in [-0.1, -0.05) is 12.1 Å². The van der Waals surface area contributed by atoms with Crippen LogP contribution in [0.15, 0.2) is 24.3 Å². The van der Waals surface area contributed by atoms with Crippen molar-refractivity contribution in [1.82, 2.24) is 5.32 Å². The topological polar surface area (TPSA) is 55.4 Å². The van der Waals surface area contributed by atoms with E-state index in [1.165, 1.54) is 0 Å². The second-order valence-electron chi connectivity index (χ2n) is 4.88. The molecule has 1 heterocycles. The van der Waals surface area contributed by atoms with Crippen LogP contribution in [0.2, 0.25) is 0 Å². The fraction of sp³-hybridized carbons (Fsp3) is 0.538. The molecular formula is C13H19NO3S. The molecule has 1 aromatic carbocycles. The van der Waals surface area contributed by atoms with E-state index < -0.39 is 15.1 Å². The number of benzene rings is 1. The number of rotatable bonds is 4. The Bertz CT molecular complexity index is 508. The first-order valence-electron chi connectivity index (χ1n) is 6.09. The van der Waals surface area contributed by atoms with Crippen LogP contribution in [0.5, 0.6) is 5.75 Å². The van der Waals surface area contributed by atoms with Gasteiger partial charge in [-0.25, -0.2) is 8.42 Å². The highest BCUT2D eigenvalue weighted by molar-refractivity contribution is 7.93. The van der Waals surface area contributed by atoms with Gasteiger partial charge in [-0.15, -0.1) is 0 Å². The Morgan fingerprint density at radius 2 is 1.89 bits per heavy atom. The maximum absolute atomic E-state index is 11.8. The van der Waals surface area contributed by atoms with Crippen LogP contribution in [-0.4, -0.2) is 33.4 Å². The molecule has 0 saturated carbocycles. The average molecular weight is 269 g/mol. The minimum atomic E-state index is -2.98. The van der Waals surface area contributed by atoms with Gasteiger partial charge in [0, 0.05) is 6.04 Å². The molecular weight excluding hydrogens is 250 g/mol. The maximum Gasteiger partial charge on any atom is 0.160 e. The molecule has 2 unspecified atom stereocenters. The molecule has 2 atom stereocenters. The van der Waals surface area contributed by atoms with Crippen molar-refractivity contribution < 1.29 is 13.2 Å². The highest BCUT2D eigenvalue weighted by Gasteiger charge is 2.45. The van der Waals surface area contributed by atoms with Gasteiger partial charge in [-0.05, 0) is 38.6 Å². The highest BCUT2D eigenvalue weighted by Crippen LogP contribution is 2.37. The summed E-state index contributed by atoms with van der Waals surface area (Å²) < 4.78 is 29.1. The van der Waals surface area contributed by atoms with Crippen LogP contribution < -0.4 is 10.1 Å². The number of hydrogen-bond acceptors (Lipinski definition) is 4. The molecule has 5 heteroatoms. The van der Waals surface area contributed by atoms with Gasteiger partial charge in [0.05, 0.1) is 11.9 Å². The fourth-order valence-corrected chi connectivity index (χ4v) is 4.27. The summed E-state index contributed by atoms with van der Waals surface area (Å²) in [5.41, 5.74) is 0.830. The number of likely N-dealkylation sites (N-methyl/N-ethyl adjacent to an activating group) is 1. The molecule has 1 aliphatic heterocycles. The van der Waals surface area contributed by atoms with Crippen LogP contribution in [0, 0.1) is 0 Å². The van der Waals surface area contributed by atoms with Crippen LogP contribution in [0.1, 0.15) is 24.7 Å². The fourth-order valence-electron chi connectivity index (χ4n) is 2.25. The zero-order valence-corrected chi connectivity index (χ0v) is 11.7. The molecule has 1 saturated heterocycles. The summed E-state index contributed by atoms with van der Waals surface area (Å²) in [6.07, 6.45) is 0.119. The lowest BCUT2D eigenvalue weighted by atomic mass is 10.1. The molecule has 1 fully saturated rings. The summed E-state index contributed by atoms with van der Waals surface area (Å²) in [5.74, 6) is 0.991.